The Hall–Kier alpha value is -1.84. The summed E-state index contributed by atoms with van der Waals surface area (Å²) in [5.74, 6) is 1.22. The first-order chi connectivity index (χ1) is 9.69. The van der Waals surface area contributed by atoms with Crippen molar-refractivity contribution in [3.8, 4) is 5.75 Å². The van der Waals surface area contributed by atoms with E-state index in [1.54, 1.807) is 7.11 Å². The predicted octanol–water partition coefficient (Wildman–Crippen LogP) is 2.92. The van der Waals surface area contributed by atoms with Crippen molar-refractivity contribution in [1.29, 1.82) is 0 Å². The molecule has 20 heavy (non-hydrogen) atoms. The Balaban J connectivity index is 1.86. The van der Waals surface area contributed by atoms with Crippen molar-refractivity contribution < 1.29 is 9.53 Å². The molecule has 1 aliphatic carbocycles. The fourth-order valence-corrected chi connectivity index (χ4v) is 2.44. The molecule has 1 atom stereocenters. The van der Waals surface area contributed by atoms with Gasteiger partial charge in [-0.3, -0.25) is 4.79 Å². The van der Waals surface area contributed by atoms with Crippen molar-refractivity contribution in [2.45, 2.75) is 39.0 Å². The van der Waals surface area contributed by atoms with Crippen LogP contribution in [0.1, 0.15) is 38.2 Å². The van der Waals surface area contributed by atoms with Gasteiger partial charge in [-0.2, -0.15) is 5.10 Å². The first-order valence-corrected chi connectivity index (χ1v) is 7.17. The highest BCUT2D eigenvalue weighted by atomic mass is 16.5. The maximum absolute atomic E-state index is 11.9. The second-order valence-electron chi connectivity index (χ2n) is 5.31. The van der Waals surface area contributed by atoms with Crippen LogP contribution in [0.25, 0.3) is 0 Å². The molecule has 1 aromatic carbocycles. The van der Waals surface area contributed by atoms with Crippen molar-refractivity contribution in [2.75, 3.05) is 7.11 Å². The summed E-state index contributed by atoms with van der Waals surface area (Å²) in [5.41, 5.74) is 4.76. The molecule has 1 fully saturated rings. The lowest BCUT2D eigenvalue weighted by Gasteiger charge is -2.19. The van der Waals surface area contributed by atoms with E-state index in [-0.39, 0.29) is 5.91 Å². The zero-order valence-electron chi connectivity index (χ0n) is 12.2. The summed E-state index contributed by atoms with van der Waals surface area (Å²) in [6.45, 7) is 2.17. The van der Waals surface area contributed by atoms with Crippen LogP contribution in [-0.2, 0) is 11.2 Å². The molecule has 0 radical (unpaired) electrons. The zero-order chi connectivity index (χ0) is 14.4. The Morgan fingerprint density at radius 2 is 2.10 bits per heavy atom. The lowest BCUT2D eigenvalue weighted by Crippen LogP contribution is -2.25. The van der Waals surface area contributed by atoms with Crippen molar-refractivity contribution in [1.82, 2.24) is 5.43 Å². The molecule has 1 N–H and O–H groups in total. The first kappa shape index (κ1) is 14.6. The van der Waals surface area contributed by atoms with Gasteiger partial charge in [0.25, 0.3) is 0 Å². The number of carbonyl (C=O) groups excluding carboxylic acids is 1. The minimum Gasteiger partial charge on any atom is -0.497 e. The van der Waals surface area contributed by atoms with Crippen LogP contribution in [0.3, 0.4) is 0 Å². The van der Waals surface area contributed by atoms with E-state index < -0.39 is 0 Å². The van der Waals surface area contributed by atoms with Crippen LogP contribution in [0.5, 0.6) is 5.75 Å². The molecular weight excluding hydrogens is 252 g/mol. The van der Waals surface area contributed by atoms with Gasteiger partial charge in [0.05, 0.1) is 13.5 Å². The average Bonchev–Trinajstić information content (AvgIpc) is 2.47. The van der Waals surface area contributed by atoms with E-state index in [9.17, 15) is 4.79 Å². The van der Waals surface area contributed by atoms with E-state index in [0.29, 0.717) is 12.3 Å². The van der Waals surface area contributed by atoms with Crippen LogP contribution in [-0.4, -0.2) is 18.7 Å². The summed E-state index contributed by atoms with van der Waals surface area (Å²) in [5, 5.41) is 4.29. The van der Waals surface area contributed by atoms with E-state index in [0.717, 1.165) is 23.4 Å². The summed E-state index contributed by atoms with van der Waals surface area (Å²) >= 11 is 0. The van der Waals surface area contributed by atoms with Crippen LogP contribution >= 0.6 is 0 Å². The monoisotopic (exact) mass is 274 g/mol. The van der Waals surface area contributed by atoms with Gasteiger partial charge in [-0.1, -0.05) is 25.5 Å². The molecule has 1 saturated carbocycles. The molecule has 1 aromatic rings. The Labute approximate surface area is 120 Å². The molecule has 1 aliphatic rings. The maximum atomic E-state index is 11.9. The quantitative estimate of drug-likeness (QED) is 0.858. The third-order valence-electron chi connectivity index (χ3n) is 3.74. The number of hydrogen-bond donors (Lipinski definition) is 1. The molecule has 1 amide bonds. The molecule has 0 spiro atoms. The molecule has 0 aliphatic heterocycles. The van der Waals surface area contributed by atoms with Gasteiger partial charge in [0, 0.05) is 5.71 Å². The topological polar surface area (TPSA) is 50.7 Å². The van der Waals surface area contributed by atoms with Gasteiger partial charge in [0.15, 0.2) is 0 Å². The summed E-state index contributed by atoms with van der Waals surface area (Å²) < 4.78 is 5.09. The molecule has 4 nitrogen and oxygen atoms in total. The van der Waals surface area contributed by atoms with Gasteiger partial charge in [0.1, 0.15) is 5.75 Å². The van der Waals surface area contributed by atoms with E-state index in [4.69, 9.17) is 4.74 Å². The lowest BCUT2D eigenvalue weighted by atomic mass is 9.89. The molecule has 0 saturated heterocycles. The van der Waals surface area contributed by atoms with Gasteiger partial charge in [-0.05, 0) is 42.9 Å². The van der Waals surface area contributed by atoms with Crippen LogP contribution in [0.15, 0.2) is 29.4 Å². The predicted molar refractivity (Wildman–Crippen MR) is 79.9 cm³/mol. The van der Waals surface area contributed by atoms with Crippen LogP contribution < -0.4 is 10.2 Å². The highest BCUT2D eigenvalue weighted by molar-refractivity contribution is 5.88. The number of rotatable bonds is 4. The smallest absolute Gasteiger partial charge is 0.244 e. The molecule has 4 heteroatoms. The Morgan fingerprint density at radius 1 is 1.35 bits per heavy atom. The molecular formula is C16H22N2O2. The Bertz CT molecular complexity index is 480. The average molecular weight is 274 g/mol. The Morgan fingerprint density at radius 3 is 2.75 bits per heavy atom. The van der Waals surface area contributed by atoms with Gasteiger partial charge in [-0.25, -0.2) is 5.43 Å². The second kappa shape index (κ2) is 7.08. The van der Waals surface area contributed by atoms with E-state index in [2.05, 4.69) is 17.5 Å². The number of hydrazone groups is 1. The summed E-state index contributed by atoms with van der Waals surface area (Å²) in [6.07, 6.45) is 4.96. The van der Waals surface area contributed by atoms with Crippen molar-refractivity contribution in [3.05, 3.63) is 29.8 Å². The summed E-state index contributed by atoms with van der Waals surface area (Å²) in [6, 6.07) is 7.51. The second-order valence-corrected chi connectivity index (χ2v) is 5.31. The SMILES string of the molecule is COc1ccc(CC(=O)NN=C2CCCCC2C)cc1. The first-order valence-electron chi connectivity index (χ1n) is 7.17. The minimum absolute atomic E-state index is 0.0690. The van der Waals surface area contributed by atoms with Gasteiger partial charge >= 0.3 is 0 Å². The number of amides is 1. The molecule has 1 unspecified atom stereocenters. The molecule has 0 bridgehead atoms. The number of hydrogen-bond acceptors (Lipinski definition) is 3. The van der Waals surface area contributed by atoms with E-state index in [1.807, 2.05) is 24.3 Å². The number of methoxy groups -OCH3 is 1. The van der Waals surface area contributed by atoms with E-state index >= 15 is 0 Å². The normalized spacial score (nSPS) is 20.7. The fraction of sp³-hybridized carbons (Fsp3) is 0.500. The van der Waals surface area contributed by atoms with Crippen LogP contribution in [0, 0.1) is 5.92 Å². The zero-order valence-corrected chi connectivity index (χ0v) is 12.2. The van der Waals surface area contributed by atoms with E-state index in [1.165, 1.54) is 19.3 Å². The number of carbonyl (C=O) groups is 1. The highest BCUT2D eigenvalue weighted by Gasteiger charge is 2.16. The molecule has 0 heterocycles. The molecule has 0 aromatic heterocycles. The van der Waals surface area contributed by atoms with Crippen LogP contribution in [0.2, 0.25) is 0 Å². The summed E-state index contributed by atoms with van der Waals surface area (Å²) in [7, 11) is 1.63. The number of ether oxygens (including phenoxy) is 1. The summed E-state index contributed by atoms with van der Waals surface area (Å²) in [4.78, 5) is 11.9. The molecule has 2 rings (SSSR count). The fourth-order valence-electron chi connectivity index (χ4n) is 2.44. The molecule has 108 valence electrons. The van der Waals surface area contributed by atoms with Gasteiger partial charge in [-0.15, -0.1) is 0 Å². The van der Waals surface area contributed by atoms with Crippen molar-refractivity contribution >= 4 is 11.6 Å². The lowest BCUT2D eigenvalue weighted by molar-refractivity contribution is -0.120. The third kappa shape index (κ3) is 4.08. The standard InChI is InChI=1S/C16H22N2O2/c1-12-5-3-4-6-15(12)17-18-16(19)11-13-7-9-14(20-2)10-8-13/h7-10,12H,3-6,11H2,1-2H3,(H,18,19). The largest absolute Gasteiger partial charge is 0.497 e. The number of nitrogens with one attached hydrogen (secondary N) is 1. The van der Waals surface area contributed by atoms with Gasteiger partial charge < -0.3 is 4.74 Å². The number of benzene rings is 1. The Kier molecular flexibility index (Phi) is 5.16. The van der Waals surface area contributed by atoms with Crippen molar-refractivity contribution in [3.63, 3.8) is 0 Å². The highest BCUT2D eigenvalue weighted by Crippen LogP contribution is 2.20. The third-order valence-corrected chi connectivity index (χ3v) is 3.74. The van der Waals surface area contributed by atoms with Gasteiger partial charge in [0.2, 0.25) is 5.91 Å². The number of nitrogens with zero attached hydrogens (tertiary/aromatic N) is 1. The maximum Gasteiger partial charge on any atom is 0.244 e. The minimum atomic E-state index is -0.0690. The van der Waals surface area contributed by atoms with Crippen LogP contribution in [0.4, 0.5) is 0 Å². The van der Waals surface area contributed by atoms with Crippen molar-refractivity contribution in [2.24, 2.45) is 11.0 Å².